The molecule has 7 atom stereocenters. The number of aromatic hydroxyl groups is 1. The predicted octanol–water partition coefficient (Wildman–Crippen LogP) is 4.45. The minimum Gasteiger partial charge on any atom is -0.508 e. The van der Waals surface area contributed by atoms with Gasteiger partial charge in [-0.05, 0) is 110 Å². The molecule has 5 unspecified atom stereocenters. The molecule has 196 valence electrons. The molecule has 3 saturated heterocycles. The minimum atomic E-state index is 0.00543. The molecule has 3 aliphatic heterocycles. The van der Waals surface area contributed by atoms with E-state index in [9.17, 15) is 9.90 Å². The van der Waals surface area contributed by atoms with E-state index >= 15 is 0 Å². The number of carbonyl (C=O) groups excluding carboxylic acids is 1. The molecule has 37 heavy (non-hydrogen) atoms. The van der Waals surface area contributed by atoms with E-state index in [2.05, 4.69) is 41.1 Å². The van der Waals surface area contributed by atoms with Gasteiger partial charge in [0.15, 0.2) is 0 Å². The summed E-state index contributed by atoms with van der Waals surface area (Å²) in [6.07, 6.45) is 5.65. The third kappa shape index (κ3) is 3.26. The Hall–Kier alpha value is -2.37. The summed E-state index contributed by atoms with van der Waals surface area (Å²) in [6.45, 7) is 10.3. The lowest BCUT2D eigenvalue weighted by atomic mass is 9.48. The number of nitrogens with one attached hydrogen (secondary N) is 1. The molecule has 2 aliphatic carbocycles. The number of phenolic OH excluding ortho intramolecular Hbond substituents is 1. The summed E-state index contributed by atoms with van der Waals surface area (Å²) in [7, 11) is 0. The van der Waals surface area contributed by atoms with Gasteiger partial charge < -0.3 is 15.3 Å². The monoisotopic (exact) mass is 499 g/mol. The van der Waals surface area contributed by atoms with Crippen molar-refractivity contribution in [2.75, 3.05) is 32.7 Å². The molecule has 5 nitrogen and oxygen atoms in total. The van der Waals surface area contributed by atoms with Crippen LogP contribution in [0.4, 0.5) is 0 Å². The quantitative estimate of drug-likeness (QED) is 0.653. The van der Waals surface area contributed by atoms with Gasteiger partial charge in [0, 0.05) is 36.2 Å². The summed E-state index contributed by atoms with van der Waals surface area (Å²) in [5.41, 5.74) is 3.79. The number of hydrogen-bond acceptors (Lipinski definition) is 4. The van der Waals surface area contributed by atoms with Crippen LogP contribution in [-0.4, -0.2) is 65.6 Å². The molecule has 5 aliphatic rings. The van der Waals surface area contributed by atoms with E-state index in [1.807, 2.05) is 36.4 Å². The van der Waals surface area contributed by atoms with Crippen LogP contribution in [0.3, 0.4) is 0 Å². The fourth-order valence-electron chi connectivity index (χ4n) is 10.0. The summed E-state index contributed by atoms with van der Waals surface area (Å²) < 4.78 is 0. The average Bonchev–Trinajstić information content (AvgIpc) is 3.60. The number of carbonyl (C=O) groups is 1. The van der Waals surface area contributed by atoms with Crippen molar-refractivity contribution in [2.45, 2.75) is 63.5 Å². The fraction of sp³-hybridized carbons (Fsp3) is 0.594. The molecule has 0 aromatic heterocycles. The van der Waals surface area contributed by atoms with E-state index in [1.54, 1.807) is 0 Å². The molecule has 2 aromatic carbocycles. The lowest BCUT2D eigenvalue weighted by Gasteiger charge is -2.63. The van der Waals surface area contributed by atoms with Crippen LogP contribution in [0.15, 0.2) is 48.5 Å². The molecule has 0 spiro atoms. The van der Waals surface area contributed by atoms with Crippen LogP contribution >= 0.6 is 0 Å². The van der Waals surface area contributed by atoms with Crippen LogP contribution in [-0.2, 0) is 11.8 Å². The minimum absolute atomic E-state index is 0.00543. The van der Waals surface area contributed by atoms with Gasteiger partial charge in [-0.25, -0.2) is 0 Å². The van der Waals surface area contributed by atoms with Crippen molar-refractivity contribution >= 4 is 5.91 Å². The fourth-order valence-corrected chi connectivity index (χ4v) is 10.0. The standard InChI is InChI=1S/C32H41N3O2/c1-3-27-29-24(20-35(27)30(37)22-7-5-4-6-8-22)17-31(2)28-15-23-9-10-25(36)16-26(23)32(29,31)12-14-34(28)19-21-11-13-33-18-21/h4-10,16,21,24,27-29,33,36H,3,11-15,17-20H2,1-2H3/t21-,24+,27?,28?,29?,31?,32?/m0/s1. The Morgan fingerprint density at radius 2 is 2.03 bits per heavy atom. The molecule has 1 saturated carbocycles. The Balaban J connectivity index is 1.31. The normalized spacial score (nSPS) is 38.3. The Labute approximate surface area is 221 Å². The first-order valence-electron chi connectivity index (χ1n) is 14.6. The number of benzene rings is 2. The number of rotatable bonds is 4. The van der Waals surface area contributed by atoms with Crippen LogP contribution in [0.2, 0.25) is 0 Å². The summed E-state index contributed by atoms with van der Waals surface area (Å²) in [5, 5.41) is 14.3. The second-order valence-corrected chi connectivity index (χ2v) is 12.8. The zero-order valence-corrected chi connectivity index (χ0v) is 22.3. The molecule has 3 heterocycles. The van der Waals surface area contributed by atoms with Crippen molar-refractivity contribution in [2.24, 2.45) is 23.2 Å². The Bertz CT molecular complexity index is 1190. The maximum Gasteiger partial charge on any atom is 0.254 e. The topological polar surface area (TPSA) is 55.8 Å². The van der Waals surface area contributed by atoms with Crippen LogP contribution in [0.1, 0.15) is 61.0 Å². The molecule has 5 heteroatoms. The zero-order chi connectivity index (χ0) is 25.4. The maximum absolute atomic E-state index is 13.8. The third-order valence-electron chi connectivity index (χ3n) is 11.3. The SMILES string of the molecule is CCC1C2[C@@H](CN1C(=O)c1ccccc1)CC1(C)C3Cc4ccc(O)cc4C21CCN3C[C@H]1CCNC1. The number of phenols is 1. The van der Waals surface area contributed by atoms with Crippen LogP contribution in [0.25, 0.3) is 0 Å². The second-order valence-electron chi connectivity index (χ2n) is 12.8. The van der Waals surface area contributed by atoms with Gasteiger partial charge in [-0.1, -0.05) is 38.1 Å². The number of amides is 1. The van der Waals surface area contributed by atoms with E-state index in [0.717, 1.165) is 56.9 Å². The molecular weight excluding hydrogens is 458 g/mol. The number of piperidine rings is 1. The van der Waals surface area contributed by atoms with Gasteiger partial charge in [0.2, 0.25) is 0 Å². The van der Waals surface area contributed by atoms with Crippen molar-refractivity contribution in [1.82, 2.24) is 15.1 Å². The first kappa shape index (κ1) is 23.7. The lowest BCUT2D eigenvalue weighted by Crippen LogP contribution is -2.67. The molecule has 0 radical (unpaired) electrons. The van der Waals surface area contributed by atoms with Gasteiger partial charge in [-0.15, -0.1) is 0 Å². The van der Waals surface area contributed by atoms with Gasteiger partial charge in [0.1, 0.15) is 5.75 Å². The Morgan fingerprint density at radius 1 is 1.19 bits per heavy atom. The second kappa shape index (κ2) is 8.57. The van der Waals surface area contributed by atoms with E-state index < -0.39 is 0 Å². The van der Waals surface area contributed by atoms with Crippen molar-refractivity contribution in [3.8, 4) is 5.75 Å². The molecule has 2 aromatic rings. The highest BCUT2D eigenvalue weighted by atomic mass is 16.3. The van der Waals surface area contributed by atoms with Crippen LogP contribution < -0.4 is 5.32 Å². The summed E-state index contributed by atoms with van der Waals surface area (Å²) in [5.74, 6) is 2.27. The predicted molar refractivity (Wildman–Crippen MR) is 146 cm³/mol. The summed E-state index contributed by atoms with van der Waals surface area (Å²) in [4.78, 5) is 18.8. The highest BCUT2D eigenvalue weighted by molar-refractivity contribution is 5.94. The number of nitrogens with zero attached hydrogens (tertiary/aromatic N) is 2. The lowest BCUT2D eigenvalue weighted by molar-refractivity contribution is -0.0657. The van der Waals surface area contributed by atoms with E-state index in [1.165, 1.54) is 30.5 Å². The summed E-state index contributed by atoms with van der Waals surface area (Å²) in [6, 6.07) is 16.8. The van der Waals surface area contributed by atoms with Gasteiger partial charge in [0.25, 0.3) is 5.91 Å². The maximum atomic E-state index is 13.8. The summed E-state index contributed by atoms with van der Waals surface area (Å²) >= 11 is 0. The number of hydrogen-bond donors (Lipinski definition) is 2. The number of likely N-dealkylation sites (tertiary alicyclic amines) is 2. The molecule has 2 bridgehead atoms. The van der Waals surface area contributed by atoms with Crippen molar-refractivity contribution in [1.29, 1.82) is 0 Å². The van der Waals surface area contributed by atoms with Crippen LogP contribution in [0, 0.1) is 23.2 Å². The largest absolute Gasteiger partial charge is 0.508 e. The van der Waals surface area contributed by atoms with Gasteiger partial charge in [-0.2, -0.15) is 0 Å². The van der Waals surface area contributed by atoms with Gasteiger partial charge in [-0.3, -0.25) is 9.69 Å². The third-order valence-corrected chi connectivity index (χ3v) is 11.3. The highest BCUT2D eigenvalue weighted by Gasteiger charge is 2.72. The van der Waals surface area contributed by atoms with E-state index in [4.69, 9.17) is 0 Å². The van der Waals surface area contributed by atoms with E-state index in [0.29, 0.717) is 23.6 Å². The number of fused-ring (bicyclic) bond motifs is 2. The van der Waals surface area contributed by atoms with Gasteiger partial charge in [0.05, 0.1) is 0 Å². The molecule has 7 rings (SSSR count). The first-order valence-corrected chi connectivity index (χ1v) is 14.6. The van der Waals surface area contributed by atoms with Crippen molar-refractivity contribution in [3.05, 3.63) is 65.2 Å². The molecule has 1 amide bonds. The van der Waals surface area contributed by atoms with Crippen molar-refractivity contribution in [3.63, 3.8) is 0 Å². The smallest absolute Gasteiger partial charge is 0.254 e. The first-order chi connectivity index (χ1) is 18.0. The molecule has 4 fully saturated rings. The average molecular weight is 500 g/mol. The van der Waals surface area contributed by atoms with Crippen LogP contribution in [0.5, 0.6) is 5.75 Å². The van der Waals surface area contributed by atoms with Gasteiger partial charge >= 0.3 is 0 Å². The zero-order valence-electron chi connectivity index (χ0n) is 22.3. The Morgan fingerprint density at radius 3 is 2.78 bits per heavy atom. The molecule has 2 N–H and O–H groups in total. The highest BCUT2D eigenvalue weighted by Crippen LogP contribution is 2.71. The van der Waals surface area contributed by atoms with E-state index in [-0.39, 0.29) is 22.8 Å². The molecular formula is C32H41N3O2. The van der Waals surface area contributed by atoms with Crippen molar-refractivity contribution < 1.29 is 9.90 Å². The Kier molecular flexibility index (Phi) is 5.50.